The van der Waals surface area contributed by atoms with E-state index in [2.05, 4.69) is 170 Å². The fraction of sp³-hybridized carbons (Fsp3) is 0.0566. The first-order valence-electron chi connectivity index (χ1n) is 19.7. The van der Waals surface area contributed by atoms with Gasteiger partial charge in [0.25, 0.3) is 0 Å². The summed E-state index contributed by atoms with van der Waals surface area (Å²) in [5.41, 5.74) is 10.0. The highest BCUT2D eigenvalue weighted by Gasteiger charge is 2.40. The minimum atomic E-state index is -0.324. The molecule has 0 saturated heterocycles. The van der Waals surface area contributed by atoms with E-state index in [1.165, 1.54) is 59.4 Å². The maximum Gasteiger partial charge on any atom is 0.235 e. The van der Waals surface area contributed by atoms with Gasteiger partial charge in [0, 0.05) is 49.0 Å². The third-order valence-corrected chi connectivity index (χ3v) is 12.7. The Bertz CT molecular complexity index is 3700. The molecule has 3 heterocycles. The van der Waals surface area contributed by atoms with Crippen LogP contribution in [-0.2, 0) is 5.41 Å². The quantitative estimate of drug-likeness (QED) is 0.167. The van der Waals surface area contributed by atoms with Gasteiger partial charge in [-0.15, -0.1) is 0 Å². The van der Waals surface area contributed by atoms with E-state index >= 15 is 0 Å². The average Bonchev–Trinajstić information content (AvgIpc) is 3.87. The van der Waals surface area contributed by atoms with Crippen molar-refractivity contribution < 1.29 is 4.42 Å². The normalized spacial score (nSPS) is 13.6. The molecular formula is C53H33N3O. The molecule has 57 heavy (non-hydrogen) atoms. The summed E-state index contributed by atoms with van der Waals surface area (Å²) in [6.07, 6.45) is 0. The van der Waals surface area contributed by atoms with Crippen molar-refractivity contribution in [2.45, 2.75) is 19.3 Å². The highest BCUT2D eigenvalue weighted by Crippen LogP contribution is 2.52. The van der Waals surface area contributed by atoms with Gasteiger partial charge in [-0.3, -0.25) is 4.57 Å². The standard InChI is InChI=1S/C53H33N3O/c1-53(2)42-21-11-9-20-40(42)51-49(53)50(32-23-24-37-36-18-10-12-22-45(36)57-46(37)29-32)54-52(55-51)56-43-26-25-39-35-17-6-5-15-33(35)34-16-7-8-19-38(34)47(39)48(43)41-27-30-13-3-4-14-31(30)28-44(41)56/h3-29H,1-2H3. The Kier molecular flexibility index (Phi) is 5.94. The summed E-state index contributed by atoms with van der Waals surface area (Å²) in [4.78, 5) is 11.3. The first kappa shape index (κ1) is 31.0. The SMILES string of the molecule is CC1(C)c2ccccc2-c2nc(-n3c4cc5ccccc5cc4c4c5c6ccccc6c6ccccc6c5ccc43)nc(-c3ccc4c(c3)oc3ccccc34)c21. The lowest BCUT2D eigenvalue weighted by molar-refractivity contribution is 0.656. The zero-order valence-corrected chi connectivity index (χ0v) is 31.3. The van der Waals surface area contributed by atoms with Crippen molar-refractivity contribution in [3.8, 4) is 28.5 Å². The lowest BCUT2D eigenvalue weighted by atomic mass is 9.81. The Balaban J connectivity index is 1.20. The minimum absolute atomic E-state index is 0.324. The number of para-hydroxylation sites is 1. The fourth-order valence-corrected chi connectivity index (χ4v) is 10.2. The first-order chi connectivity index (χ1) is 28.0. The number of hydrogen-bond acceptors (Lipinski definition) is 3. The second-order valence-electron chi connectivity index (χ2n) is 16.1. The maximum atomic E-state index is 6.46. The monoisotopic (exact) mass is 727 g/mol. The zero-order valence-electron chi connectivity index (χ0n) is 31.3. The number of aromatic nitrogens is 3. The third-order valence-electron chi connectivity index (χ3n) is 12.7. The summed E-state index contributed by atoms with van der Waals surface area (Å²) in [7, 11) is 0. The Hall–Kier alpha value is -7.30. The van der Waals surface area contributed by atoms with Crippen molar-refractivity contribution in [2.75, 3.05) is 0 Å². The van der Waals surface area contributed by atoms with E-state index in [0.717, 1.165) is 61.1 Å². The van der Waals surface area contributed by atoms with Crippen LogP contribution in [-0.4, -0.2) is 14.5 Å². The molecule has 0 unspecified atom stereocenters. The minimum Gasteiger partial charge on any atom is -0.456 e. The molecule has 0 radical (unpaired) electrons. The van der Waals surface area contributed by atoms with Gasteiger partial charge in [-0.1, -0.05) is 141 Å². The van der Waals surface area contributed by atoms with Crippen molar-refractivity contribution in [2.24, 2.45) is 0 Å². The Morgan fingerprint density at radius 2 is 1.05 bits per heavy atom. The second kappa shape index (κ2) is 10.9. The van der Waals surface area contributed by atoms with E-state index in [1.807, 2.05) is 12.1 Å². The van der Waals surface area contributed by atoms with E-state index in [0.29, 0.717) is 5.95 Å². The number of furan rings is 1. The lowest BCUT2D eigenvalue weighted by Gasteiger charge is -2.24. The Morgan fingerprint density at radius 1 is 0.456 bits per heavy atom. The van der Waals surface area contributed by atoms with Gasteiger partial charge in [0.15, 0.2) is 0 Å². The smallest absolute Gasteiger partial charge is 0.235 e. The molecule has 1 aliphatic rings. The van der Waals surface area contributed by atoms with Crippen molar-refractivity contribution in [1.82, 2.24) is 14.5 Å². The third kappa shape index (κ3) is 4.06. The van der Waals surface area contributed by atoms with Crippen LogP contribution in [0, 0.1) is 0 Å². The van der Waals surface area contributed by atoms with Gasteiger partial charge >= 0.3 is 0 Å². The number of nitrogens with zero attached hydrogens (tertiary/aromatic N) is 3. The van der Waals surface area contributed by atoms with Gasteiger partial charge in [0.05, 0.1) is 22.4 Å². The molecule has 0 atom stereocenters. The van der Waals surface area contributed by atoms with Crippen LogP contribution < -0.4 is 0 Å². The van der Waals surface area contributed by atoms with Gasteiger partial charge in [0.2, 0.25) is 5.95 Å². The Labute approximate surface area is 327 Å². The van der Waals surface area contributed by atoms with Crippen molar-refractivity contribution in [1.29, 1.82) is 0 Å². The first-order valence-corrected chi connectivity index (χ1v) is 19.7. The van der Waals surface area contributed by atoms with Gasteiger partial charge in [0.1, 0.15) is 11.2 Å². The predicted molar refractivity (Wildman–Crippen MR) is 237 cm³/mol. The van der Waals surface area contributed by atoms with Crippen LogP contribution in [0.25, 0.3) is 115 Å². The van der Waals surface area contributed by atoms with Gasteiger partial charge in [-0.2, -0.15) is 0 Å². The number of fused-ring (bicyclic) bond motifs is 17. The number of hydrogen-bond donors (Lipinski definition) is 0. The summed E-state index contributed by atoms with van der Waals surface area (Å²) in [6.45, 7) is 4.61. The largest absolute Gasteiger partial charge is 0.456 e. The van der Waals surface area contributed by atoms with Crippen LogP contribution >= 0.6 is 0 Å². The van der Waals surface area contributed by atoms with Crippen molar-refractivity contribution >= 4 is 86.8 Å². The topological polar surface area (TPSA) is 43.9 Å². The molecule has 0 saturated carbocycles. The summed E-state index contributed by atoms with van der Waals surface area (Å²) >= 11 is 0. The van der Waals surface area contributed by atoms with Crippen LogP contribution in [0.4, 0.5) is 0 Å². The van der Waals surface area contributed by atoms with Crippen LogP contribution in [0.15, 0.2) is 168 Å². The summed E-state index contributed by atoms with van der Waals surface area (Å²) < 4.78 is 8.78. The molecule has 13 rings (SSSR count). The van der Waals surface area contributed by atoms with E-state index in [9.17, 15) is 0 Å². The fourth-order valence-electron chi connectivity index (χ4n) is 10.2. The van der Waals surface area contributed by atoms with Crippen molar-refractivity contribution in [3.05, 3.63) is 175 Å². The molecule has 3 aromatic heterocycles. The van der Waals surface area contributed by atoms with Crippen LogP contribution in [0.5, 0.6) is 0 Å². The zero-order chi connectivity index (χ0) is 37.6. The van der Waals surface area contributed by atoms with Gasteiger partial charge < -0.3 is 4.42 Å². The van der Waals surface area contributed by atoms with Gasteiger partial charge in [-0.05, 0) is 79.7 Å². The predicted octanol–water partition coefficient (Wildman–Crippen LogP) is 14.1. The summed E-state index contributed by atoms with van der Waals surface area (Å²) in [5, 5.41) is 14.5. The lowest BCUT2D eigenvalue weighted by Crippen LogP contribution is -2.18. The molecule has 4 nitrogen and oxygen atoms in total. The molecule has 0 spiro atoms. The molecule has 0 bridgehead atoms. The molecule has 0 fully saturated rings. The van der Waals surface area contributed by atoms with E-state index in [1.54, 1.807) is 0 Å². The van der Waals surface area contributed by atoms with Gasteiger partial charge in [-0.25, -0.2) is 9.97 Å². The molecule has 0 aliphatic heterocycles. The van der Waals surface area contributed by atoms with Crippen LogP contribution in [0.1, 0.15) is 25.0 Å². The molecule has 0 N–H and O–H groups in total. The summed E-state index contributed by atoms with van der Waals surface area (Å²) in [6, 6.07) is 59.2. The maximum absolute atomic E-state index is 6.46. The van der Waals surface area contributed by atoms with E-state index < -0.39 is 0 Å². The van der Waals surface area contributed by atoms with E-state index in [-0.39, 0.29) is 5.41 Å². The van der Waals surface area contributed by atoms with Crippen LogP contribution in [0.2, 0.25) is 0 Å². The number of rotatable bonds is 2. The molecule has 4 heteroatoms. The van der Waals surface area contributed by atoms with Crippen molar-refractivity contribution in [3.63, 3.8) is 0 Å². The molecule has 266 valence electrons. The van der Waals surface area contributed by atoms with Crippen LogP contribution in [0.3, 0.4) is 0 Å². The molecular weight excluding hydrogens is 695 g/mol. The summed E-state index contributed by atoms with van der Waals surface area (Å²) in [5.74, 6) is 0.653. The second-order valence-corrected chi connectivity index (χ2v) is 16.1. The molecule has 1 aliphatic carbocycles. The molecule has 0 amide bonds. The Morgan fingerprint density at radius 3 is 1.86 bits per heavy atom. The van der Waals surface area contributed by atoms with E-state index in [4.69, 9.17) is 14.4 Å². The highest BCUT2D eigenvalue weighted by atomic mass is 16.3. The number of benzene rings is 9. The highest BCUT2D eigenvalue weighted by molar-refractivity contribution is 6.35. The average molecular weight is 728 g/mol. The molecule has 9 aromatic carbocycles. The molecule has 12 aromatic rings.